The van der Waals surface area contributed by atoms with Crippen molar-refractivity contribution in [3.05, 3.63) is 12.2 Å². The Labute approximate surface area is 143 Å². The first-order chi connectivity index (χ1) is 11.3. The molecule has 1 rings (SSSR count). The molecule has 0 heterocycles. The van der Waals surface area contributed by atoms with E-state index in [1.807, 2.05) is 6.92 Å². The van der Waals surface area contributed by atoms with Gasteiger partial charge in [0.15, 0.2) is 0 Å². The van der Waals surface area contributed by atoms with Gasteiger partial charge in [-0.1, -0.05) is 6.42 Å². The van der Waals surface area contributed by atoms with Crippen LogP contribution in [0.2, 0.25) is 0 Å². The molecule has 2 atom stereocenters. The maximum Gasteiger partial charge on any atom is 0.328 e. The molecule has 0 aromatic rings. The molecule has 0 aromatic heterocycles. The monoisotopic (exact) mass is 343 g/mol. The Morgan fingerprint density at radius 1 is 1.21 bits per heavy atom. The van der Waals surface area contributed by atoms with Gasteiger partial charge in [0.2, 0.25) is 0 Å². The molecule has 0 spiro atoms. The number of aliphatic carboxylic acids is 2. The molecule has 138 valence electrons. The van der Waals surface area contributed by atoms with Crippen molar-refractivity contribution in [3.8, 4) is 0 Å². The predicted molar refractivity (Wildman–Crippen MR) is 86.2 cm³/mol. The molecule has 2 N–H and O–H groups in total. The smallest absolute Gasteiger partial charge is 0.328 e. The molecule has 7 nitrogen and oxygen atoms in total. The van der Waals surface area contributed by atoms with Crippen molar-refractivity contribution in [2.75, 3.05) is 20.7 Å². The van der Waals surface area contributed by atoms with Gasteiger partial charge in [0.25, 0.3) is 0 Å². The van der Waals surface area contributed by atoms with Gasteiger partial charge in [-0.3, -0.25) is 4.79 Å². The van der Waals surface area contributed by atoms with E-state index in [0.29, 0.717) is 31.1 Å². The number of esters is 1. The molecule has 0 amide bonds. The topological polar surface area (TPSA) is 108 Å². The lowest BCUT2D eigenvalue weighted by atomic mass is 9.81. The molecule has 0 saturated heterocycles. The van der Waals surface area contributed by atoms with E-state index in [1.165, 1.54) is 30.6 Å². The summed E-state index contributed by atoms with van der Waals surface area (Å²) < 4.78 is 4.98. The maximum atomic E-state index is 11.3. The van der Waals surface area contributed by atoms with Crippen LogP contribution >= 0.6 is 0 Å². The zero-order valence-electron chi connectivity index (χ0n) is 14.7. The van der Waals surface area contributed by atoms with Crippen LogP contribution in [-0.4, -0.2) is 49.8 Å². The number of rotatable bonds is 7. The van der Waals surface area contributed by atoms with E-state index in [2.05, 4.69) is 14.1 Å². The standard InChI is InChI=1S/C13H25NO2.C4H4O4/c1-4-16-13(15)10-9-11-7-5-6-8-12(11)14(2)3;5-3(6)1-2-4(7)8/h11-12H,4-10H2,1-3H3;1-2H,(H,5,6)(H,7,8). The second-order valence-corrected chi connectivity index (χ2v) is 6.06. The van der Waals surface area contributed by atoms with Crippen molar-refractivity contribution >= 4 is 17.9 Å². The van der Waals surface area contributed by atoms with Crippen molar-refractivity contribution in [2.24, 2.45) is 5.92 Å². The molecule has 24 heavy (non-hydrogen) atoms. The van der Waals surface area contributed by atoms with Gasteiger partial charge in [0, 0.05) is 18.4 Å². The first-order valence-corrected chi connectivity index (χ1v) is 8.35. The first kappa shape index (κ1) is 22.1. The lowest BCUT2D eigenvalue weighted by Crippen LogP contribution is -3.11. The molecular formula is C17H29NO6. The van der Waals surface area contributed by atoms with Gasteiger partial charge in [-0.25, -0.2) is 4.79 Å². The normalized spacial score (nSPS) is 20.3. The average Bonchev–Trinajstić information content (AvgIpc) is 2.52. The van der Waals surface area contributed by atoms with Crippen LogP contribution in [0.15, 0.2) is 12.2 Å². The van der Waals surface area contributed by atoms with E-state index < -0.39 is 11.9 Å². The Morgan fingerprint density at radius 3 is 2.29 bits per heavy atom. The number of hydrogen-bond acceptors (Lipinski definition) is 5. The van der Waals surface area contributed by atoms with Crippen molar-refractivity contribution in [2.45, 2.75) is 51.5 Å². The second-order valence-electron chi connectivity index (χ2n) is 6.06. The number of carbonyl (C=O) groups excluding carboxylic acids is 2. The van der Waals surface area contributed by atoms with Gasteiger partial charge in [-0.15, -0.1) is 0 Å². The highest BCUT2D eigenvalue weighted by Gasteiger charge is 2.29. The highest BCUT2D eigenvalue weighted by Crippen LogP contribution is 2.26. The van der Waals surface area contributed by atoms with Crippen molar-refractivity contribution in [1.29, 1.82) is 0 Å². The number of ether oxygens (including phenoxy) is 1. The number of carbonyl (C=O) groups is 3. The van der Waals surface area contributed by atoms with Crippen molar-refractivity contribution < 1.29 is 34.2 Å². The molecule has 1 aliphatic carbocycles. The molecule has 0 bridgehead atoms. The largest absolute Gasteiger partial charge is 0.545 e. The fraction of sp³-hybridized carbons (Fsp3) is 0.706. The zero-order valence-corrected chi connectivity index (χ0v) is 14.7. The van der Waals surface area contributed by atoms with Gasteiger partial charge in [0.1, 0.15) is 0 Å². The summed E-state index contributed by atoms with van der Waals surface area (Å²) in [5.41, 5.74) is 0. The van der Waals surface area contributed by atoms with Crippen LogP contribution in [0, 0.1) is 5.92 Å². The molecule has 1 fully saturated rings. The molecule has 0 aromatic carbocycles. The quantitative estimate of drug-likeness (QED) is 0.472. The lowest BCUT2D eigenvalue weighted by Gasteiger charge is -2.33. The van der Waals surface area contributed by atoms with E-state index in [0.717, 1.165) is 12.5 Å². The third kappa shape index (κ3) is 10.8. The third-order valence-corrected chi connectivity index (χ3v) is 4.04. The van der Waals surface area contributed by atoms with Crippen molar-refractivity contribution in [1.82, 2.24) is 0 Å². The minimum Gasteiger partial charge on any atom is -0.545 e. The molecule has 7 heteroatoms. The van der Waals surface area contributed by atoms with E-state index in [9.17, 15) is 19.5 Å². The highest BCUT2D eigenvalue weighted by atomic mass is 16.5. The van der Waals surface area contributed by atoms with E-state index in [1.54, 1.807) is 0 Å². The minimum absolute atomic E-state index is 0.0272. The number of hydrogen-bond donors (Lipinski definition) is 2. The molecule has 1 aliphatic rings. The van der Waals surface area contributed by atoms with E-state index in [-0.39, 0.29) is 5.97 Å². The Kier molecular flexibility index (Phi) is 11.5. The van der Waals surface area contributed by atoms with E-state index >= 15 is 0 Å². The molecule has 1 saturated carbocycles. The molecule has 0 radical (unpaired) electrons. The van der Waals surface area contributed by atoms with Gasteiger partial charge >= 0.3 is 11.9 Å². The number of nitrogens with one attached hydrogen (secondary N) is 1. The summed E-state index contributed by atoms with van der Waals surface area (Å²) in [6, 6.07) is 0.739. The van der Waals surface area contributed by atoms with Crippen LogP contribution in [0.4, 0.5) is 0 Å². The highest BCUT2D eigenvalue weighted by molar-refractivity contribution is 5.88. The zero-order chi connectivity index (χ0) is 18.5. The third-order valence-electron chi connectivity index (χ3n) is 4.04. The molecule has 2 unspecified atom stereocenters. The molecular weight excluding hydrogens is 314 g/mol. The summed E-state index contributed by atoms with van der Waals surface area (Å²) in [5, 5.41) is 17.2. The fourth-order valence-corrected chi connectivity index (χ4v) is 2.99. The van der Waals surface area contributed by atoms with Gasteiger partial charge in [-0.05, 0) is 38.7 Å². The lowest BCUT2D eigenvalue weighted by molar-refractivity contribution is -0.891. The fourth-order valence-electron chi connectivity index (χ4n) is 2.99. The second kappa shape index (κ2) is 12.5. The summed E-state index contributed by atoms with van der Waals surface area (Å²) in [7, 11) is 4.46. The van der Waals surface area contributed by atoms with Gasteiger partial charge in [0.05, 0.1) is 32.7 Å². The van der Waals surface area contributed by atoms with Gasteiger partial charge in [-0.2, -0.15) is 0 Å². The summed E-state index contributed by atoms with van der Waals surface area (Å²) >= 11 is 0. The predicted octanol–water partition coefficient (Wildman–Crippen LogP) is -0.590. The number of carboxylic acids is 2. The first-order valence-electron chi connectivity index (χ1n) is 8.35. The number of quaternary nitrogens is 1. The summed E-state index contributed by atoms with van der Waals surface area (Å²) in [6.07, 6.45) is 7.84. The summed E-state index contributed by atoms with van der Waals surface area (Å²) in [4.78, 5) is 31.8. The van der Waals surface area contributed by atoms with Crippen LogP contribution in [-0.2, 0) is 19.1 Å². The van der Waals surface area contributed by atoms with Crippen LogP contribution in [0.25, 0.3) is 0 Å². The Balaban J connectivity index is 0.000000561. The summed E-state index contributed by atoms with van der Waals surface area (Å²) in [5.74, 6) is -2.12. The van der Waals surface area contributed by atoms with Crippen LogP contribution in [0.1, 0.15) is 45.4 Å². The van der Waals surface area contributed by atoms with Crippen LogP contribution in [0.3, 0.4) is 0 Å². The Morgan fingerprint density at radius 2 is 1.83 bits per heavy atom. The SMILES string of the molecule is CCOC(=O)CCC1CCCCC1[NH+](C)C.O=C([O-])C=CC(=O)O. The van der Waals surface area contributed by atoms with Crippen LogP contribution < -0.4 is 10.0 Å². The Hall–Kier alpha value is -1.89. The van der Waals surface area contributed by atoms with Gasteiger partial charge < -0.3 is 24.6 Å². The average molecular weight is 343 g/mol. The van der Waals surface area contributed by atoms with Crippen molar-refractivity contribution in [3.63, 3.8) is 0 Å². The maximum absolute atomic E-state index is 11.3. The Bertz CT molecular complexity index is 417. The van der Waals surface area contributed by atoms with E-state index in [4.69, 9.17) is 9.84 Å². The van der Waals surface area contributed by atoms with Crippen LogP contribution in [0.5, 0.6) is 0 Å². The summed E-state index contributed by atoms with van der Waals surface area (Å²) in [6.45, 7) is 2.37. The minimum atomic E-state index is -1.51. The molecule has 0 aliphatic heterocycles. The number of carboxylic acid groups (broad SMARTS) is 2.